The second-order valence-corrected chi connectivity index (χ2v) is 4.36. The zero-order valence-corrected chi connectivity index (χ0v) is 11.8. The first-order valence-electron chi connectivity index (χ1n) is 6.33. The number of unbranched alkanes of at least 4 members (excludes halogenated alkanes) is 1. The van der Waals surface area contributed by atoms with Crippen LogP contribution >= 0.6 is 11.6 Å². The van der Waals surface area contributed by atoms with E-state index in [2.05, 4.69) is 24.1 Å². The summed E-state index contributed by atoms with van der Waals surface area (Å²) in [4.78, 5) is 11.3. The molecule has 0 aliphatic heterocycles. The lowest BCUT2D eigenvalue weighted by Gasteiger charge is -2.03. The third-order valence-corrected chi connectivity index (χ3v) is 2.71. The summed E-state index contributed by atoms with van der Waals surface area (Å²) in [5.41, 5.74) is 0. The highest BCUT2D eigenvalue weighted by atomic mass is 35.5. The minimum absolute atomic E-state index is 0.0446. The van der Waals surface area contributed by atoms with Crippen molar-refractivity contribution in [1.82, 2.24) is 5.32 Å². The molecule has 0 aromatic heterocycles. The van der Waals surface area contributed by atoms with Gasteiger partial charge in [-0.05, 0) is 18.6 Å². The summed E-state index contributed by atoms with van der Waals surface area (Å²) in [7, 11) is 0. The number of ether oxygens (including phenoxy) is 1. The Morgan fingerprint density at radius 2 is 2.16 bits per heavy atom. The lowest BCUT2D eigenvalue weighted by Crippen LogP contribution is -2.23. The summed E-state index contributed by atoms with van der Waals surface area (Å²) in [6.45, 7) is 2.67. The van der Waals surface area contributed by atoms with Crippen LogP contribution in [0.1, 0.15) is 26.2 Å². The number of nitrogens with one attached hydrogen (secondary N) is 1. The van der Waals surface area contributed by atoms with Crippen LogP contribution in [0.4, 0.5) is 0 Å². The third kappa shape index (κ3) is 6.73. The minimum Gasteiger partial charge on any atom is -0.479 e. The van der Waals surface area contributed by atoms with Gasteiger partial charge in [0.2, 0.25) is 5.91 Å². The van der Waals surface area contributed by atoms with Gasteiger partial charge in [0.15, 0.2) is 0 Å². The topological polar surface area (TPSA) is 38.3 Å². The van der Waals surface area contributed by atoms with E-state index >= 15 is 0 Å². The van der Waals surface area contributed by atoms with Gasteiger partial charge in [0.05, 0.1) is 11.6 Å². The van der Waals surface area contributed by atoms with Gasteiger partial charge in [-0.25, -0.2) is 0 Å². The van der Waals surface area contributed by atoms with Crippen molar-refractivity contribution in [1.29, 1.82) is 0 Å². The average molecular weight is 280 g/mol. The Labute approximate surface area is 119 Å². The molecule has 0 radical (unpaired) electrons. The van der Waals surface area contributed by atoms with Crippen LogP contribution in [0, 0.1) is 11.8 Å². The monoisotopic (exact) mass is 279 g/mol. The van der Waals surface area contributed by atoms with E-state index < -0.39 is 0 Å². The van der Waals surface area contributed by atoms with E-state index in [-0.39, 0.29) is 12.5 Å². The Morgan fingerprint density at radius 3 is 2.89 bits per heavy atom. The van der Waals surface area contributed by atoms with E-state index in [4.69, 9.17) is 16.3 Å². The van der Waals surface area contributed by atoms with E-state index in [0.717, 1.165) is 12.8 Å². The number of hydrogen-bond acceptors (Lipinski definition) is 2. The Balaban J connectivity index is 2.18. The molecule has 0 aliphatic rings. The van der Waals surface area contributed by atoms with Gasteiger partial charge in [0.25, 0.3) is 0 Å². The smallest absolute Gasteiger partial charge is 0.220 e. The van der Waals surface area contributed by atoms with Crippen LogP contribution in [-0.4, -0.2) is 19.1 Å². The Bertz CT molecular complexity index is 463. The fraction of sp³-hybridized carbons (Fsp3) is 0.400. The standard InChI is InChI=1S/C15H18ClNO2/c1-2-3-10-15(18)17-11-6-7-12-19-14-9-5-4-8-13(14)16/h4-5,8-9H,2-3,10-12H2,1H3,(H,17,18). The van der Waals surface area contributed by atoms with E-state index in [0.29, 0.717) is 23.7 Å². The van der Waals surface area contributed by atoms with Crippen molar-refractivity contribution in [3.05, 3.63) is 29.3 Å². The second kappa shape index (κ2) is 9.29. The molecule has 3 nitrogen and oxygen atoms in total. The molecule has 0 heterocycles. The summed E-state index contributed by atoms with van der Waals surface area (Å²) in [6, 6.07) is 7.24. The number of benzene rings is 1. The molecule has 0 spiro atoms. The Morgan fingerprint density at radius 1 is 1.37 bits per heavy atom. The molecule has 0 atom stereocenters. The van der Waals surface area contributed by atoms with Crippen molar-refractivity contribution in [2.24, 2.45) is 0 Å². The van der Waals surface area contributed by atoms with Gasteiger partial charge >= 0.3 is 0 Å². The average Bonchev–Trinajstić information content (AvgIpc) is 2.42. The summed E-state index contributed by atoms with van der Waals surface area (Å²) in [6.07, 6.45) is 2.49. The first-order valence-corrected chi connectivity index (χ1v) is 6.71. The zero-order chi connectivity index (χ0) is 13.9. The van der Waals surface area contributed by atoms with E-state index in [9.17, 15) is 4.79 Å². The fourth-order valence-corrected chi connectivity index (χ4v) is 1.55. The molecule has 0 bridgehead atoms. The van der Waals surface area contributed by atoms with Crippen molar-refractivity contribution in [2.45, 2.75) is 26.2 Å². The van der Waals surface area contributed by atoms with Crippen LogP contribution in [0.25, 0.3) is 0 Å². The predicted octanol–water partition coefficient (Wildman–Crippen LogP) is 3.03. The second-order valence-electron chi connectivity index (χ2n) is 3.95. The molecule has 0 unspecified atom stereocenters. The summed E-state index contributed by atoms with van der Waals surface area (Å²) in [5, 5.41) is 3.30. The highest BCUT2D eigenvalue weighted by Gasteiger charge is 1.98. The summed E-state index contributed by atoms with van der Waals surface area (Å²) >= 11 is 5.92. The maximum Gasteiger partial charge on any atom is 0.220 e. The zero-order valence-electron chi connectivity index (χ0n) is 11.0. The molecular weight excluding hydrogens is 262 g/mol. The van der Waals surface area contributed by atoms with Crippen molar-refractivity contribution in [3.63, 3.8) is 0 Å². The Kier molecular flexibility index (Phi) is 7.53. The number of carbonyl (C=O) groups is 1. The van der Waals surface area contributed by atoms with Gasteiger partial charge in [0.1, 0.15) is 12.4 Å². The quantitative estimate of drug-likeness (QED) is 0.813. The third-order valence-electron chi connectivity index (χ3n) is 2.39. The molecular formula is C15H18ClNO2. The van der Waals surface area contributed by atoms with Crippen molar-refractivity contribution >= 4 is 17.5 Å². The van der Waals surface area contributed by atoms with Gasteiger partial charge in [-0.15, -0.1) is 0 Å². The molecule has 0 saturated carbocycles. The van der Waals surface area contributed by atoms with Gasteiger partial charge < -0.3 is 10.1 Å². The minimum atomic E-state index is 0.0446. The predicted molar refractivity (Wildman–Crippen MR) is 77.3 cm³/mol. The first-order chi connectivity index (χ1) is 9.24. The van der Waals surface area contributed by atoms with Crippen molar-refractivity contribution < 1.29 is 9.53 Å². The molecule has 1 aromatic carbocycles. The lowest BCUT2D eigenvalue weighted by molar-refractivity contribution is -0.120. The van der Waals surface area contributed by atoms with Crippen LogP contribution in [0.15, 0.2) is 24.3 Å². The Hall–Kier alpha value is -1.66. The molecule has 0 aliphatic carbocycles. The number of para-hydroxylation sites is 1. The van der Waals surface area contributed by atoms with Crippen molar-refractivity contribution in [2.75, 3.05) is 13.2 Å². The first kappa shape index (κ1) is 15.4. The lowest BCUT2D eigenvalue weighted by atomic mass is 10.2. The van der Waals surface area contributed by atoms with Crippen molar-refractivity contribution in [3.8, 4) is 17.6 Å². The highest BCUT2D eigenvalue weighted by Crippen LogP contribution is 2.22. The molecule has 1 rings (SSSR count). The fourth-order valence-electron chi connectivity index (χ4n) is 1.36. The maximum absolute atomic E-state index is 11.3. The summed E-state index contributed by atoms with van der Waals surface area (Å²) < 4.78 is 5.39. The van der Waals surface area contributed by atoms with E-state index in [1.54, 1.807) is 12.1 Å². The molecule has 1 amide bonds. The molecule has 4 heteroatoms. The van der Waals surface area contributed by atoms with Crippen LogP contribution in [0.3, 0.4) is 0 Å². The highest BCUT2D eigenvalue weighted by molar-refractivity contribution is 6.32. The van der Waals surface area contributed by atoms with Crippen LogP contribution in [0.5, 0.6) is 5.75 Å². The summed E-state index contributed by atoms with van der Waals surface area (Å²) in [5.74, 6) is 6.32. The number of halogens is 1. The molecule has 19 heavy (non-hydrogen) atoms. The van der Waals surface area contributed by atoms with Gasteiger partial charge in [-0.2, -0.15) is 0 Å². The normalized spacial score (nSPS) is 9.37. The maximum atomic E-state index is 11.3. The molecule has 0 saturated heterocycles. The number of amides is 1. The molecule has 102 valence electrons. The van der Waals surface area contributed by atoms with Crippen LogP contribution < -0.4 is 10.1 Å². The molecule has 1 N–H and O–H groups in total. The van der Waals surface area contributed by atoms with Gasteiger partial charge in [0, 0.05) is 6.42 Å². The van der Waals surface area contributed by atoms with Gasteiger partial charge in [-0.3, -0.25) is 4.79 Å². The molecule has 0 fully saturated rings. The van der Waals surface area contributed by atoms with E-state index in [1.807, 2.05) is 12.1 Å². The van der Waals surface area contributed by atoms with Crippen LogP contribution in [0.2, 0.25) is 5.02 Å². The number of rotatable bonds is 6. The number of carbonyl (C=O) groups excluding carboxylic acids is 1. The van der Waals surface area contributed by atoms with E-state index in [1.165, 1.54) is 0 Å². The number of hydrogen-bond donors (Lipinski definition) is 1. The molecule has 1 aromatic rings. The largest absolute Gasteiger partial charge is 0.479 e. The van der Waals surface area contributed by atoms with Crippen LogP contribution in [-0.2, 0) is 4.79 Å². The van der Waals surface area contributed by atoms with Gasteiger partial charge in [-0.1, -0.05) is 48.9 Å². The SMILES string of the molecule is CCCCC(=O)NCC#CCOc1ccccc1Cl.